The Morgan fingerprint density at radius 2 is 1.95 bits per heavy atom. The Kier molecular flexibility index (Phi) is 2.95. The molecule has 1 aromatic heterocycles. The Morgan fingerprint density at radius 1 is 1.20 bits per heavy atom. The summed E-state index contributed by atoms with van der Waals surface area (Å²) in [6.07, 6.45) is 1.65. The van der Waals surface area contributed by atoms with Crippen molar-refractivity contribution in [2.75, 3.05) is 5.32 Å². The van der Waals surface area contributed by atoms with Crippen molar-refractivity contribution in [3.8, 4) is 0 Å². The molecule has 0 radical (unpaired) electrons. The van der Waals surface area contributed by atoms with Gasteiger partial charge in [0.25, 0.3) is 0 Å². The van der Waals surface area contributed by atoms with E-state index in [1.807, 2.05) is 25.1 Å². The number of rotatable bonds is 1. The highest BCUT2D eigenvalue weighted by Crippen LogP contribution is 2.16. The summed E-state index contributed by atoms with van der Waals surface area (Å²) in [5.74, 6) is -0.344. The number of benzene rings is 2. The molecule has 1 heterocycles. The van der Waals surface area contributed by atoms with Crippen molar-refractivity contribution in [2.45, 2.75) is 6.92 Å². The highest BCUT2D eigenvalue weighted by molar-refractivity contribution is 5.97. The normalized spacial score (nSPS) is 10.7. The minimum atomic E-state index is -0.379. The van der Waals surface area contributed by atoms with Crippen LogP contribution in [0.4, 0.5) is 14.9 Å². The SMILES string of the molecule is Cc1ccc2c(cnn2C(=O)Nc2ccc(F)cc2)c1. The van der Waals surface area contributed by atoms with Crippen molar-refractivity contribution in [1.82, 2.24) is 9.78 Å². The number of aromatic nitrogens is 2. The molecular weight excluding hydrogens is 257 g/mol. The molecule has 0 atom stereocenters. The number of anilines is 1. The summed E-state index contributed by atoms with van der Waals surface area (Å²) >= 11 is 0. The van der Waals surface area contributed by atoms with Gasteiger partial charge in [-0.25, -0.2) is 9.18 Å². The molecule has 0 bridgehead atoms. The first-order chi connectivity index (χ1) is 9.63. The van der Waals surface area contributed by atoms with Gasteiger partial charge < -0.3 is 5.32 Å². The molecule has 2 aromatic carbocycles. The fourth-order valence-corrected chi connectivity index (χ4v) is 2.02. The predicted octanol–water partition coefficient (Wildman–Crippen LogP) is 3.56. The topological polar surface area (TPSA) is 46.9 Å². The first-order valence-electron chi connectivity index (χ1n) is 6.15. The van der Waals surface area contributed by atoms with Crippen LogP contribution in [0.1, 0.15) is 5.56 Å². The summed E-state index contributed by atoms with van der Waals surface area (Å²) in [6.45, 7) is 1.98. The van der Waals surface area contributed by atoms with Crippen LogP contribution < -0.4 is 5.32 Å². The molecule has 0 aliphatic rings. The molecule has 0 aliphatic carbocycles. The van der Waals surface area contributed by atoms with Gasteiger partial charge in [0.1, 0.15) is 5.82 Å². The van der Waals surface area contributed by atoms with Crippen LogP contribution in [0.2, 0.25) is 0 Å². The van der Waals surface area contributed by atoms with E-state index in [4.69, 9.17) is 0 Å². The zero-order valence-electron chi connectivity index (χ0n) is 10.8. The number of halogens is 1. The molecule has 0 saturated carbocycles. The second kappa shape index (κ2) is 4.77. The van der Waals surface area contributed by atoms with Crippen molar-refractivity contribution >= 4 is 22.6 Å². The van der Waals surface area contributed by atoms with Crippen LogP contribution in [0.3, 0.4) is 0 Å². The number of amides is 1. The third kappa shape index (κ3) is 2.25. The maximum Gasteiger partial charge on any atom is 0.347 e. The number of carbonyl (C=O) groups is 1. The van der Waals surface area contributed by atoms with Gasteiger partial charge in [0.15, 0.2) is 0 Å². The van der Waals surface area contributed by atoms with E-state index in [-0.39, 0.29) is 11.8 Å². The van der Waals surface area contributed by atoms with Gasteiger partial charge in [0.2, 0.25) is 0 Å². The number of carbonyl (C=O) groups excluding carboxylic acids is 1. The molecule has 1 N–H and O–H groups in total. The van der Waals surface area contributed by atoms with E-state index in [9.17, 15) is 9.18 Å². The highest BCUT2D eigenvalue weighted by atomic mass is 19.1. The van der Waals surface area contributed by atoms with E-state index in [0.717, 1.165) is 16.5 Å². The fourth-order valence-electron chi connectivity index (χ4n) is 2.02. The van der Waals surface area contributed by atoms with Crippen molar-refractivity contribution in [3.63, 3.8) is 0 Å². The summed E-state index contributed by atoms with van der Waals surface area (Å²) in [6, 6.07) is 10.9. The third-order valence-electron chi connectivity index (χ3n) is 3.01. The molecule has 5 heteroatoms. The average molecular weight is 269 g/mol. The molecule has 1 amide bonds. The van der Waals surface area contributed by atoms with Crippen molar-refractivity contribution < 1.29 is 9.18 Å². The molecule has 20 heavy (non-hydrogen) atoms. The van der Waals surface area contributed by atoms with Gasteiger partial charge in [0.05, 0.1) is 11.7 Å². The maximum atomic E-state index is 12.8. The van der Waals surface area contributed by atoms with E-state index in [2.05, 4.69) is 10.4 Å². The van der Waals surface area contributed by atoms with E-state index in [1.54, 1.807) is 6.20 Å². The lowest BCUT2D eigenvalue weighted by atomic mass is 10.2. The Hall–Kier alpha value is -2.69. The fraction of sp³-hybridized carbons (Fsp3) is 0.0667. The number of nitrogens with zero attached hydrogens (tertiary/aromatic N) is 2. The van der Waals surface area contributed by atoms with Crippen LogP contribution in [0.15, 0.2) is 48.7 Å². The van der Waals surface area contributed by atoms with Crippen molar-refractivity contribution in [2.24, 2.45) is 0 Å². The minimum Gasteiger partial charge on any atom is -0.306 e. The average Bonchev–Trinajstić information content (AvgIpc) is 2.84. The molecule has 4 nitrogen and oxygen atoms in total. The number of hydrogen-bond acceptors (Lipinski definition) is 2. The van der Waals surface area contributed by atoms with Crippen LogP contribution in [0.25, 0.3) is 10.9 Å². The Labute approximate surface area is 114 Å². The van der Waals surface area contributed by atoms with Gasteiger partial charge in [-0.1, -0.05) is 11.6 Å². The van der Waals surface area contributed by atoms with Gasteiger partial charge in [-0.3, -0.25) is 0 Å². The predicted molar refractivity (Wildman–Crippen MR) is 75.3 cm³/mol. The number of nitrogens with one attached hydrogen (secondary N) is 1. The van der Waals surface area contributed by atoms with Crippen LogP contribution in [-0.2, 0) is 0 Å². The largest absolute Gasteiger partial charge is 0.347 e. The summed E-state index contributed by atoms with van der Waals surface area (Å²) in [7, 11) is 0. The minimum absolute atomic E-state index is 0.344. The van der Waals surface area contributed by atoms with Crippen LogP contribution in [0.5, 0.6) is 0 Å². The lowest BCUT2D eigenvalue weighted by Gasteiger charge is -2.05. The maximum absolute atomic E-state index is 12.8. The number of aryl methyl sites for hydroxylation is 1. The van der Waals surface area contributed by atoms with E-state index >= 15 is 0 Å². The lowest BCUT2D eigenvalue weighted by Crippen LogP contribution is -2.20. The number of fused-ring (bicyclic) bond motifs is 1. The molecule has 3 aromatic rings. The Morgan fingerprint density at radius 3 is 2.70 bits per heavy atom. The quantitative estimate of drug-likeness (QED) is 0.734. The highest BCUT2D eigenvalue weighted by Gasteiger charge is 2.10. The monoisotopic (exact) mass is 269 g/mol. The third-order valence-corrected chi connectivity index (χ3v) is 3.01. The van der Waals surface area contributed by atoms with Gasteiger partial charge in [0, 0.05) is 11.1 Å². The zero-order valence-corrected chi connectivity index (χ0v) is 10.8. The molecule has 3 rings (SSSR count). The summed E-state index contributed by atoms with van der Waals surface area (Å²) in [5.41, 5.74) is 2.36. The van der Waals surface area contributed by atoms with Crippen molar-refractivity contribution in [3.05, 3.63) is 60.0 Å². The van der Waals surface area contributed by atoms with E-state index in [0.29, 0.717) is 5.69 Å². The molecule has 0 unspecified atom stereocenters. The summed E-state index contributed by atoms with van der Waals surface area (Å²) in [5, 5.41) is 7.66. The Balaban J connectivity index is 1.91. The second-order valence-electron chi connectivity index (χ2n) is 4.56. The standard InChI is InChI=1S/C15H12FN3O/c1-10-2-7-14-11(8-10)9-17-19(14)15(20)18-13-5-3-12(16)4-6-13/h2-9H,1H3,(H,18,20). The van der Waals surface area contributed by atoms with Gasteiger partial charge in [-0.15, -0.1) is 0 Å². The van der Waals surface area contributed by atoms with Gasteiger partial charge in [-0.2, -0.15) is 9.78 Å². The summed E-state index contributed by atoms with van der Waals surface area (Å²) < 4.78 is 14.1. The zero-order chi connectivity index (χ0) is 14.1. The van der Waals surface area contributed by atoms with Crippen molar-refractivity contribution in [1.29, 1.82) is 0 Å². The van der Waals surface area contributed by atoms with Crippen LogP contribution in [0, 0.1) is 12.7 Å². The first kappa shape index (κ1) is 12.3. The van der Waals surface area contributed by atoms with E-state index < -0.39 is 0 Å². The Bertz CT molecular complexity index is 777. The molecule has 0 aliphatic heterocycles. The first-order valence-corrected chi connectivity index (χ1v) is 6.15. The molecule has 0 spiro atoms. The number of hydrogen-bond donors (Lipinski definition) is 1. The lowest BCUT2D eigenvalue weighted by molar-refractivity contribution is 0.252. The van der Waals surface area contributed by atoms with Gasteiger partial charge in [-0.05, 0) is 43.3 Å². The smallest absolute Gasteiger partial charge is 0.306 e. The van der Waals surface area contributed by atoms with Gasteiger partial charge >= 0.3 is 6.03 Å². The second-order valence-corrected chi connectivity index (χ2v) is 4.56. The van der Waals surface area contributed by atoms with E-state index in [1.165, 1.54) is 28.9 Å². The molecule has 0 fully saturated rings. The molecule has 100 valence electrons. The van der Waals surface area contributed by atoms with Crippen LogP contribution in [-0.4, -0.2) is 15.8 Å². The van der Waals surface area contributed by atoms with Crippen LogP contribution >= 0.6 is 0 Å². The summed E-state index contributed by atoms with van der Waals surface area (Å²) in [4.78, 5) is 12.2. The molecular formula is C15H12FN3O. The molecule has 0 saturated heterocycles.